The molecular weight excluding hydrogens is 244 g/mol. The van der Waals surface area contributed by atoms with Crippen LogP contribution in [0.5, 0.6) is 0 Å². The third-order valence-electron chi connectivity index (χ3n) is 4.37. The molecular formula is C19H28O. The van der Waals surface area contributed by atoms with Crippen molar-refractivity contribution < 1.29 is 5.11 Å². The quantitative estimate of drug-likeness (QED) is 0.567. The fourth-order valence-electron chi connectivity index (χ4n) is 2.93. The van der Waals surface area contributed by atoms with E-state index in [0.29, 0.717) is 0 Å². The maximum atomic E-state index is 10.5. The lowest BCUT2D eigenvalue weighted by molar-refractivity contribution is 0.0506. The summed E-state index contributed by atoms with van der Waals surface area (Å²) in [4.78, 5) is 0. The van der Waals surface area contributed by atoms with Crippen LogP contribution in [0, 0.1) is 17.3 Å². The van der Waals surface area contributed by atoms with Crippen LogP contribution < -0.4 is 0 Å². The Morgan fingerprint density at radius 2 is 1.90 bits per heavy atom. The second kappa shape index (κ2) is 6.64. The molecule has 1 N–H and O–H groups in total. The molecule has 0 radical (unpaired) electrons. The molecule has 0 spiro atoms. The van der Waals surface area contributed by atoms with Crippen LogP contribution in [-0.2, 0) is 0 Å². The molecule has 1 saturated carbocycles. The first-order valence-corrected chi connectivity index (χ1v) is 8.14. The molecule has 2 rings (SSSR count). The minimum Gasteiger partial charge on any atom is -0.386 e. The van der Waals surface area contributed by atoms with Gasteiger partial charge in [0.15, 0.2) is 0 Å². The van der Waals surface area contributed by atoms with Crippen molar-refractivity contribution in [3.63, 3.8) is 0 Å². The molecule has 0 saturated heterocycles. The van der Waals surface area contributed by atoms with Gasteiger partial charge in [-0.15, -0.1) is 0 Å². The van der Waals surface area contributed by atoms with Gasteiger partial charge in [0.05, 0.1) is 5.60 Å². The Hall–Kier alpha value is -1.00. The fourth-order valence-corrected chi connectivity index (χ4v) is 2.93. The SMILES string of the molecule is CC(C)(C#CC1=CCCCC1)/C=C/C1(O)CCCCC1. The van der Waals surface area contributed by atoms with E-state index in [0.717, 1.165) is 32.1 Å². The molecule has 0 heterocycles. The fraction of sp³-hybridized carbons (Fsp3) is 0.684. The monoisotopic (exact) mass is 272 g/mol. The first-order valence-electron chi connectivity index (χ1n) is 8.14. The minimum absolute atomic E-state index is 0.161. The van der Waals surface area contributed by atoms with Crippen molar-refractivity contribution in [2.24, 2.45) is 5.41 Å². The van der Waals surface area contributed by atoms with Gasteiger partial charge in [-0.3, -0.25) is 0 Å². The summed E-state index contributed by atoms with van der Waals surface area (Å²) in [6.07, 6.45) is 16.6. The molecule has 0 aromatic carbocycles. The molecule has 0 bridgehead atoms. The van der Waals surface area contributed by atoms with E-state index in [1.54, 1.807) is 0 Å². The zero-order valence-corrected chi connectivity index (χ0v) is 13.0. The van der Waals surface area contributed by atoms with Gasteiger partial charge in [-0.05, 0) is 57.9 Å². The van der Waals surface area contributed by atoms with E-state index in [-0.39, 0.29) is 5.41 Å². The summed E-state index contributed by atoms with van der Waals surface area (Å²) in [5, 5.41) is 10.5. The van der Waals surface area contributed by atoms with Crippen LogP contribution >= 0.6 is 0 Å². The number of hydrogen-bond donors (Lipinski definition) is 1. The zero-order chi connectivity index (χ0) is 14.5. The topological polar surface area (TPSA) is 20.2 Å². The van der Waals surface area contributed by atoms with Gasteiger partial charge in [0.1, 0.15) is 0 Å². The van der Waals surface area contributed by atoms with Crippen LogP contribution in [0.1, 0.15) is 71.6 Å². The standard InChI is InChI=1S/C19H28O/c1-18(2,14-11-17-9-5-3-6-10-17)15-16-19(20)12-7-4-8-13-19/h9,15-16,20H,3-8,10,12-13H2,1-2H3/b16-15+. The Labute approximate surface area is 124 Å². The highest BCUT2D eigenvalue weighted by molar-refractivity contribution is 5.33. The molecule has 0 aromatic heterocycles. The molecule has 20 heavy (non-hydrogen) atoms. The van der Waals surface area contributed by atoms with Crippen LogP contribution in [0.15, 0.2) is 23.8 Å². The van der Waals surface area contributed by atoms with Crippen molar-refractivity contribution in [1.82, 2.24) is 0 Å². The Balaban J connectivity index is 1.99. The van der Waals surface area contributed by atoms with E-state index in [9.17, 15) is 5.11 Å². The lowest BCUT2D eigenvalue weighted by Crippen LogP contribution is -2.29. The molecule has 2 aliphatic carbocycles. The lowest BCUT2D eigenvalue weighted by Gasteiger charge is -2.29. The highest BCUT2D eigenvalue weighted by Crippen LogP contribution is 2.30. The predicted molar refractivity (Wildman–Crippen MR) is 85.3 cm³/mol. The third-order valence-corrected chi connectivity index (χ3v) is 4.37. The molecule has 0 aromatic rings. The normalized spacial score (nSPS) is 23.1. The van der Waals surface area contributed by atoms with E-state index in [2.05, 4.69) is 37.8 Å². The molecule has 1 nitrogen and oxygen atoms in total. The van der Waals surface area contributed by atoms with Crippen LogP contribution in [-0.4, -0.2) is 10.7 Å². The molecule has 1 fully saturated rings. The molecule has 1 heteroatoms. The predicted octanol–water partition coefficient (Wildman–Crippen LogP) is 4.77. The second-order valence-corrected chi connectivity index (χ2v) is 6.94. The third kappa shape index (κ3) is 4.84. The first kappa shape index (κ1) is 15.4. The van der Waals surface area contributed by atoms with Gasteiger partial charge in [0, 0.05) is 5.41 Å². The van der Waals surface area contributed by atoms with Gasteiger partial charge in [-0.2, -0.15) is 0 Å². The molecule has 0 unspecified atom stereocenters. The summed E-state index contributed by atoms with van der Waals surface area (Å²) >= 11 is 0. The Bertz CT molecular complexity index is 436. The summed E-state index contributed by atoms with van der Waals surface area (Å²) in [5.74, 6) is 6.71. The smallest absolute Gasteiger partial charge is 0.0828 e. The minimum atomic E-state index is -0.582. The number of hydrogen-bond acceptors (Lipinski definition) is 1. The highest BCUT2D eigenvalue weighted by atomic mass is 16.3. The molecule has 0 amide bonds. The zero-order valence-electron chi connectivity index (χ0n) is 13.0. The molecule has 110 valence electrons. The molecule has 0 atom stereocenters. The van der Waals surface area contributed by atoms with E-state index >= 15 is 0 Å². The van der Waals surface area contributed by atoms with Crippen LogP contribution in [0.2, 0.25) is 0 Å². The average molecular weight is 272 g/mol. The average Bonchev–Trinajstić information content (AvgIpc) is 2.46. The summed E-state index contributed by atoms with van der Waals surface area (Å²) in [5.41, 5.74) is 0.557. The van der Waals surface area contributed by atoms with Crippen molar-refractivity contribution in [2.45, 2.75) is 77.2 Å². The largest absolute Gasteiger partial charge is 0.386 e. The van der Waals surface area contributed by atoms with Crippen molar-refractivity contribution >= 4 is 0 Å². The summed E-state index contributed by atoms with van der Waals surface area (Å²) in [6, 6.07) is 0. The Kier molecular flexibility index (Phi) is 5.11. The van der Waals surface area contributed by atoms with Crippen molar-refractivity contribution in [3.8, 4) is 11.8 Å². The van der Waals surface area contributed by atoms with E-state index in [4.69, 9.17) is 0 Å². The first-order chi connectivity index (χ1) is 9.49. The van der Waals surface area contributed by atoms with Crippen LogP contribution in [0.25, 0.3) is 0 Å². The van der Waals surface area contributed by atoms with Crippen LogP contribution in [0.3, 0.4) is 0 Å². The van der Waals surface area contributed by atoms with Gasteiger partial charge < -0.3 is 5.11 Å². The van der Waals surface area contributed by atoms with Crippen molar-refractivity contribution in [2.75, 3.05) is 0 Å². The number of aliphatic hydroxyl groups is 1. The van der Waals surface area contributed by atoms with Gasteiger partial charge in [0.25, 0.3) is 0 Å². The second-order valence-electron chi connectivity index (χ2n) is 6.94. The summed E-state index contributed by atoms with van der Waals surface area (Å²) < 4.78 is 0. The number of rotatable bonds is 2. The van der Waals surface area contributed by atoms with Crippen molar-refractivity contribution in [1.29, 1.82) is 0 Å². The number of allylic oxidation sites excluding steroid dienone is 3. The summed E-state index contributed by atoms with van der Waals surface area (Å²) in [6.45, 7) is 4.26. The van der Waals surface area contributed by atoms with E-state index in [1.807, 2.05) is 6.08 Å². The highest BCUT2D eigenvalue weighted by Gasteiger charge is 2.26. The Morgan fingerprint density at radius 1 is 1.15 bits per heavy atom. The maximum absolute atomic E-state index is 10.5. The van der Waals surface area contributed by atoms with Gasteiger partial charge >= 0.3 is 0 Å². The van der Waals surface area contributed by atoms with Crippen LogP contribution in [0.4, 0.5) is 0 Å². The van der Waals surface area contributed by atoms with E-state index in [1.165, 1.54) is 31.3 Å². The van der Waals surface area contributed by atoms with Gasteiger partial charge in [-0.25, -0.2) is 0 Å². The van der Waals surface area contributed by atoms with Crippen molar-refractivity contribution in [3.05, 3.63) is 23.8 Å². The lowest BCUT2D eigenvalue weighted by atomic mass is 9.82. The van der Waals surface area contributed by atoms with Gasteiger partial charge in [-0.1, -0.05) is 49.3 Å². The Morgan fingerprint density at radius 3 is 2.55 bits per heavy atom. The van der Waals surface area contributed by atoms with Gasteiger partial charge in [0.2, 0.25) is 0 Å². The molecule has 2 aliphatic rings. The molecule has 0 aliphatic heterocycles. The van der Waals surface area contributed by atoms with E-state index < -0.39 is 5.60 Å². The summed E-state index contributed by atoms with van der Waals surface area (Å²) in [7, 11) is 0. The maximum Gasteiger partial charge on any atom is 0.0828 e.